The van der Waals surface area contributed by atoms with E-state index in [1.165, 1.54) is 12.1 Å². The van der Waals surface area contributed by atoms with Gasteiger partial charge in [-0.2, -0.15) is 0 Å². The highest BCUT2D eigenvalue weighted by atomic mass is 16.5. The van der Waals surface area contributed by atoms with E-state index in [9.17, 15) is 14.7 Å². The number of methoxy groups -OCH3 is 1. The van der Waals surface area contributed by atoms with Gasteiger partial charge in [0, 0.05) is 10.9 Å². The fraction of sp³-hybridized carbons (Fsp3) is 0.111. The van der Waals surface area contributed by atoms with Crippen molar-refractivity contribution in [3.8, 4) is 17.0 Å². The van der Waals surface area contributed by atoms with E-state index in [0.29, 0.717) is 27.9 Å². The normalized spacial score (nSPS) is 10.7. The van der Waals surface area contributed by atoms with E-state index in [2.05, 4.69) is 4.98 Å². The van der Waals surface area contributed by atoms with Crippen molar-refractivity contribution in [3.05, 3.63) is 53.6 Å². The first-order chi connectivity index (χ1) is 11.5. The van der Waals surface area contributed by atoms with E-state index >= 15 is 0 Å². The number of carbonyl (C=O) groups is 2. The van der Waals surface area contributed by atoms with E-state index in [1.54, 1.807) is 25.3 Å². The van der Waals surface area contributed by atoms with Gasteiger partial charge in [-0.05, 0) is 53.6 Å². The summed E-state index contributed by atoms with van der Waals surface area (Å²) in [6, 6.07) is 11.9. The molecule has 0 atom stereocenters. The highest BCUT2D eigenvalue weighted by Gasteiger charge is 2.17. The van der Waals surface area contributed by atoms with E-state index in [0.717, 1.165) is 5.56 Å². The summed E-state index contributed by atoms with van der Waals surface area (Å²) in [5.74, 6) is -1.33. The van der Waals surface area contributed by atoms with Crippen LogP contribution in [0.2, 0.25) is 0 Å². The van der Waals surface area contributed by atoms with Crippen LogP contribution in [-0.4, -0.2) is 34.2 Å². The Bertz CT molecular complexity index is 924. The first-order valence-electron chi connectivity index (χ1n) is 7.23. The van der Waals surface area contributed by atoms with Gasteiger partial charge in [0.1, 0.15) is 5.75 Å². The summed E-state index contributed by atoms with van der Waals surface area (Å²) in [4.78, 5) is 25.6. The van der Waals surface area contributed by atoms with Crippen LogP contribution in [0.15, 0.2) is 42.5 Å². The molecule has 0 saturated carbocycles. The first kappa shape index (κ1) is 15.6. The maximum absolute atomic E-state index is 11.3. The maximum atomic E-state index is 11.3. The van der Waals surface area contributed by atoms with Crippen LogP contribution in [0.3, 0.4) is 0 Å². The smallest absolute Gasteiger partial charge is 0.335 e. The number of H-pyrrole nitrogens is 1. The van der Waals surface area contributed by atoms with Crippen molar-refractivity contribution in [2.24, 2.45) is 0 Å². The lowest BCUT2D eigenvalue weighted by atomic mass is 10.0. The molecule has 2 aromatic carbocycles. The number of hydrogen-bond acceptors (Lipinski definition) is 3. The van der Waals surface area contributed by atoms with Gasteiger partial charge in [0.2, 0.25) is 0 Å². The fourth-order valence-corrected chi connectivity index (χ4v) is 2.72. The van der Waals surface area contributed by atoms with Crippen LogP contribution in [0.5, 0.6) is 5.75 Å². The summed E-state index contributed by atoms with van der Waals surface area (Å²) in [5, 5.41) is 19.0. The Hall–Kier alpha value is -3.28. The minimum atomic E-state index is -1.05. The molecule has 6 heteroatoms. The topological polar surface area (TPSA) is 99.6 Å². The standard InChI is InChI=1S/C18H15NO5/c1-24-12-5-2-10(3-6-12)17-14(9-16(20)21)13-8-11(18(22)23)4-7-15(13)19-17/h2-8,19H,9H2,1H3,(H,20,21)(H,22,23). The molecule has 1 aromatic heterocycles. The van der Waals surface area contributed by atoms with Crippen molar-refractivity contribution in [3.63, 3.8) is 0 Å². The van der Waals surface area contributed by atoms with Crippen LogP contribution < -0.4 is 4.74 Å². The number of hydrogen-bond donors (Lipinski definition) is 3. The fourth-order valence-electron chi connectivity index (χ4n) is 2.72. The number of fused-ring (bicyclic) bond motifs is 1. The number of carboxylic acids is 2. The predicted molar refractivity (Wildman–Crippen MR) is 88.6 cm³/mol. The van der Waals surface area contributed by atoms with Crippen LogP contribution in [0.1, 0.15) is 15.9 Å². The van der Waals surface area contributed by atoms with E-state index in [4.69, 9.17) is 9.84 Å². The molecule has 3 N–H and O–H groups in total. The Morgan fingerprint density at radius 3 is 2.38 bits per heavy atom. The van der Waals surface area contributed by atoms with Gasteiger partial charge in [-0.25, -0.2) is 4.79 Å². The van der Waals surface area contributed by atoms with E-state index in [1.807, 2.05) is 12.1 Å². The zero-order chi connectivity index (χ0) is 17.3. The molecule has 0 amide bonds. The van der Waals surface area contributed by atoms with Crippen molar-refractivity contribution in [2.75, 3.05) is 7.11 Å². The number of benzene rings is 2. The zero-order valence-electron chi connectivity index (χ0n) is 12.9. The summed E-state index contributed by atoms with van der Waals surface area (Å²) in [7, 11) is 1.57. The van der Waals surface area contributed by atoms with E-state index in [-0.39, 0.29) is 12.0 Å². The van der Waals surface area contributed by atoms with Gasteiger partial charge in [-0.1, -0.05) is 0 Å². The lowest BCUT2D eigenvalue weighted by molar-refractivity contribution is -0.136. The third-order valence-corrected chi connectivity index (χ3v) is 3.86. The van der Waals surface area contributed by atoms with Crippen LogP contribution in [0, 0.1) is 0 Å². The Kier molecular flexibility index (Phi) is 3.95. The number of rotatable bonds is 5. The molecule has 0 bridgehead atoms. The number of ether oxygens (including phenoxy) is 1. The van der Waals surface area contributed by atoms with Gasteiger partial charge in [0.05, 0.1) is 24.8 Å². The van der Waals surface area contributed by atoms with Crippen molar-refractivity contribution in [1.29, 1.82) is 0 Å². The van der Waals surface area contributed by atoms with Crippen LogP contribution in [0.4, 0.5) is 0 Å². The molecule has 0 aliphatic carbocycles. The molecule has 3 aromatic rings. The summed E-state index contributed by atoms with van der Waals surface area (Å²) in [5.41, 5.74) is 2.85. The second-order valence-corrected chi connectivity index (χ2v) is 5.34. The number of nitrogens with one attached hydrogen (secondary N) is 1. The zero-order valence-corrected chi connectivity index (χ0v) is 12.9. The molecule has 0 fully saturated rings. The monoisotopic (exact) mass is 325 g/mol. The van der Waals surface area contributed by atoms with Crippen LogP contribution >= 0.6 is 0 Å². The molecule has 1 heterocycles. The molecule has 122 valence electrons. The Labute approximate surface area is 137 Å². The second-order valence-electron chi connectivity index (χ2n) is 5.34. The van der Waals surface area contributed by atoms with Gasteiger partial charge in [-0.3, -0.25) is 4.79 Å². The molecule has 6 nitrogen and oxygen atoms in total. The minimum Gasteiger partial charge on any atom is -0.497 e. The molecule has 0 aliphatic rings. The third kappa shape index (κ3) is 2.81. The Morgan fingerprint density at radius 2 is 1.79 bits per heavy atom. The van der Waals surface area contributed by atoms with E-state index < -0.39 is 11.9 Å². The highest BCUT2D eigenvalue weighted by molar-refractivity contribution is 5.99. The molecule has 0 saturated heterocycles. The van der Waals surface area contributed by atoms with Gasteiger partial charge in [0.15, 0.2) is 0 Å². The quantitative estimate of drug-likeness (QED) is 0.669. The van der Waals surface area contributed by atoms with Crippen molar-refractivity contribution in [2.45, 2.75) is 6.42 Å². The van der Waals surface area contributed by atoms with Gasteiger partial charge in [0.25, 0.3) is 0 Å². The predicted octanol–water partition coefficient (Wildman–Crippen LogP) is 3.17. The lowest BCUT2D eigenvalue weighted by Gasteiger charge is -2.05. The van der Waals surface area contributed by atoms with Gasteiger partial charge in [-0.15, -0.1) is 0 Å². The second kappa shape index (κ2) is 6.08. The minimum absolute atomic E-state index is 0.120. The number of aromatic nitrogens is 1. The number of carboxylic acid groups (broad SMARTS) is 2. The molecule has 0 radical (unpaired) electrons. The molecular formula is C18H15NO5. The Morgan fingerprint density at radius 1 is 1.08 bits per heavy atom. The average Bonchev–Trinajstić information content (AvgIpc) is 2.92. The Balaban J connectivity index is 2.21. The molecule has 24 heavy (non-hydrogen) atoms. The number of aliphatic carboxylic acids is 1. The first-order valence-corrected chi connectivity index (χ1v) is 7.23. The summed E-state index contributed by atoms with van der Waals surface area (Å²) < 4.78 is 5.13. The van der Waals surface area contributed by atoms with Gasteiger partial charge < -0.3 is 19.9 Å². The summed E-state index contributed by atoms with van der Waals surface area (Å²) in [6.07, 6.45) is -0.204. The highest BCUT2D eigenvalue weighted by Crippen LogP contribution is 2.32. The summed E-state index contributed by atoms with van der Waals surface area (Å²) in [6.45, 7) is 0. The van der Waals surface area contributed by atoms with Crippen molar-refractivity contribution < 1.29 is 24.5 Å². The summed E-state index contributed by atoms with van der Waals surface area (Å²) >= 11 is 0. The van der Waals surface area contributed by atoms with Gasteiger partial charge >= 0.3 is 11.9 Å². The largest absolute Gasteiger partial charge is 0.497 e. The molecule has 0 aliphatic heterocycles. The maximum Gasteiger partial charge on any atom is 0.335 e. The van der Waals surface area contributed by atoms with Crippen molar-refractivity contribution in [1.82, 2.24) is 4.98 Å². The molecule has 0 unspecified atom stereocenters. The molecular weight excluding hydrogens is 310 g/mol. The van der Waals surface area contributed by atoms with Crippen LogP contribution in [-0.2, 0) is 11.2 Å². The van der Waals surface area contributed by atoms with Crippen LogP contribution in [0.25, 0.3) is 22.2 Å². The average molecular weight is 325 g/mol. The SMILES string of the molecule is COc1ccc(-c2[nH]c3ccc(C(=O)O)cc3c2CC(=O)O)cc1. The number of aromatic carboxylic acids is 1. The lowest BCUT2D eigenvalue weighted by Crippen LogP contribution is -2.01. The third-order valence-electron chi connectivity index (χ3n) is 3.86. The number of aromatic amines is 1. The molecule has 3 rings (SSSR count). The molecule has 0 spiro atoms. The van der Waals surface area contributed by atoms with Crippen molar-refractivity contribution >= 4 is 22.8 Å².